The average Bonchev–Trinajstić information content (AvgIpc) is 3.67. The van der Waals surface area contributed by atoms with Crippen molar-refractivity contribution >= 4 is 64.1 Å². The van der Waals surface area contributed by atoms with E-state index in [1.54, 1.807) is 15.9 Å². The Morgan fingerprint density at radius 1 is 0.548 bits per heavy atom. The second kappa shape index (κ2) is 9.13. The molecule has 9 rings (SSSR count). The van der Waals surface area contributed by atoms with Crippen molar-refractivity contribution in [1.29, 1.82) is 0 Å². The van der Waals surface area contributed by atoms with Crippen LogP contribution in [0.2, 0.25) is 0 Å². The molecule has 0 aliphatic heterocycles. The molecule has 9 aromatic rings. The Hall–Kier alpha value is -5.25. The van der Waals surface area contributed by atoms with Crippen LogP contribution in [-0.2, 0) is 0 Å². The monoisotopic (exact) mass is 557 g/mol. The molecule has 0 spiro atoms. The van der Waals surface area contributed by atoms with Crippen molar-refractivity contribution in [3.8, 4) is 28.2 Å². The van der Waals surface area contributed by atoms with Crippen LogP contribution in [0.3, 0.4) is 0 Å². The molecule has 0 aliphatic rings. The first-order valence-corrected chi connectivity index (χ1v) is 14.6. The average molecular weight is 558 g/mol. The van der Waals surface area contributed by atoms with Crippen molar-refractivity contribution in [2.45, 2.75) is 0 Å². The maximum Gasteiger partial charge on any atom is 0.146 e. The Morgan fingerprint density at radius 2 is 1.14 bits per heavy atom. The van der Waals surface area contributed by atoms with Gasteiger partial charge in [-0.15, -0.1) is 11.3 Å². The molecule has 0 N–H and O–H groups in total. The normalized spacial score (nSPS) is 13.5. The van der Waals surface area contributed by atoms with Crippen molar-refractivity contribution in [1.82, 2.24) is 9.55 Å². The van der Waals surface area contributed by atoms with Gasteiger partial charge in [0.25, 0.3) is 0 Å². The summed E-state index contributed by atoms with van der Waals surface area (Å²) in [7, 11) is 0. The minimum absolute atomic E-state index is 0.0757. The Morgan fingerprint density at radius 3 is 1.88 bits per heavy atom. The van der Waals surface area contributed by atoms with Crippen LogP contribution in [0.25, 0.3) is 81.0 Å². The van der Waals surface area contributed by atoms with Crippen LogP contribution >= 0.6 is 11.3 Å². The largest absolute Gasteiger partial charge is 0.292 e. The minimum atomic E-state index is -0.426. The van der Waals surface area contributed by atoms with Gasteiger partial charge in [0.1, 0.15) is 5.82 Å². The Bertz CT molecular complexity index is 2680. The Balaban J connectivity index is 1.43. The molecule has 0 saturated heterocycles. The van der Waals surface area contributed by atoms with Crippen molar-refractivity contribution in [2.24, 2.45) is 0 Å². The number of fused-ring (bicyclic) bond motifs is 6. The first-order chi connectivity index (χ1) is 22.9. The lowest BCUT2D eigenvalue weighted by Crippen LogP contribution is -1.99. The van der Waals surface area contributed by atoms with Crippen LogP contribution in [0, 0.1) is 0 Å². The predicted octanol–water partition coefficient (Wildman–Crippen LogP) is 11.0. The molecule has 3 heteroatoms. The quantitative estimate of drug-likeness (QED) is 0.198. The zero-order valence-corrected chi connectivity index (χ0v) is 23.1. The number of para-hydroxylation sites is 3. The summed E-state index contributed by atoms with van der Waals surface area (Å²) in [5, 5.41) is 6.47. The third kappa shape index (κ3) is 3.41. The van der Waals surface area contributed by atoms with Gasteiger partial charge in [-0.3, -0.25) is 4.57 Å². The fourth-order valence-electron chi connectivity index (χ4n) is 6.34. The summed E-state index contributed by atoms with van der Waals surface area (Å²) in [6.45, 7) is 0. The minimum Gasteiger partial charge on any atom is -0.292 e. The number of imidazole rings is 1. The highest BCUT2D eigenvalue weighted by atomic mass is 32.1. The molecule has 0 amide bonds. The number of benzene rings is 7. The van der Waals surface area contributed by atoms with E-state index in [-0.39, 0.29) is 29.9 Å². The lowest BCUT2D eigenvalue weighted by Gasteiger charge is -2.18. The molecular weight excluding hydrogens is 529 g/mol. The Labute approximate surface area is 253 Å². The lowest BCUT2D eigenvalue weighted by atomic mass is 9.87. The fourth-order valence-corrected chi connectivity index (χ4v) is 7.42. The molecule has 2 nitrogen and oxygen atoms in total. The molecule has 0 atom stereocenters. The van der Waals surface area contributed by atoms with Crippen molar-refractivity contribution in [3.63, 3.8) is 0 Å². The SMILES string of the molecule is [2H]c1c([2H])c([2H])c(-n2c(-c3c4ccccc4c(-c4ccc5sc6ccccc6c5c4)c4ccccc34)nc3ccccc32)c([2H])c1[2H]. The third-order valence-corrected chi connectivity index (χ3v) is 9.24. The smallest absolute Gasteiger partial charge is 0.146 e. The highest BCUT2D eigenvalue weighted by Crippen LogP contribution is 2.46. The summed E-state index contributed by atoms with van der Waals surface area (Å²) in [5.41, 5.74) is 4.47. The molecule has 196 valence electrons. The third-order valence-electron chi connectivity index (χ3n) is 8.09. The van der Waals surface area contributed by atoms with Gasteiger partial charge in [0, 0.05) is 31.4 Å². The van der Waals surface area contributed by atoms with Gasteiger partial charge in [0.2, 0.25) is 0 Å². The molecule has 7 aromatic carbocycles. The molecule has 0 fully saturated rings. The summed E-state index contributed by atoms with van der Waals surface area (Å²) in [6.07, 6.45) is 0. The molecule has 0 aliphatic carbocycles. The Kier molecular flexibility index (Phi) is 4.13. The van der Waals surface area contributed by atoms with E-state index in [4.69, 9.17) is 11.8 Å². The van der Waals surface area contributed by atoms with E-state index >= 15 is 0 Å². The number of aromatic nitrogens is 2. The van der Waals surface area contributed by atoms with E-state index < -0.39 is 6.04 Å². The number of hydrogen-bond donors (Lipinski definition) is 0. The molecule has 0 radical (unpaired) electrons. The van der Waals surface area contributed by atoms with E-state index in [9.17, 15) is 0 Å². The number of rotatable bonds is 3. The highest BCUT2D eigenvalue weighted by Gasteiger charge is 2.22. The second-order valence-electron chi connectivity index (χ2n) is 10.4. The molecule has 0 unspecified atom stereocenters. The van der Waals surface area contributed by atoms with Gasteiger partial charge in [-0.1, -0.05) is 103 Å². The first kappa shape index (κ1) is 19.0. The lowest BCUT2D eigenvalue weighted by molar-refractivity contribution is 1.11. The van der Waals surface area contributed by atoms with Crippen molar-refractivity contribution in [3.05, 3.63) is 145 Å². The number of nitrogens with zero attached hydrogens (tertiary/aromatic N) is 2. The van der Waals surface area contributed by atoms with Crippen LogP contribution < -0.4 is 0 Å². The number of hydrogen-bond acceptors (Lipinski definition) is 2. The first-order valence-electron chi connectivity index (χ1n) is 16.3. The maximum atomic E-state index is 8.91. The van der Waals surface area contributed by atoms with Gasteiger partial charge in [-0.2, -0.15) is 0 Å². The van der Waals surface area contributed by atoms with Gasteiger partial charge in [-0.05, 0) is 75.1 Å². The molecule has 42 heavy (non-hydrogen) atoms. The van der Waals surface area contributed by atoms with Crippen LogP contribution in [-0.4, -0.2) is 9.55 Å². The molecule has 2 heterocycles. The van der Waals surface area contributed by atoms with Crippen LogP contribution in [0.4, 0.5) is 0 Å². The zero-order valence-electron chi connectivity index (χ0n) is 27.3. The van der Waals surface area contributed by atoms with E-state index in [0.29, 0.717) is 16.9 Å². The van der Waals surface area contributed by atoms with Gasteiger partial charge in [0.15, 0.2) is 0 Å². The summed E-state index contributed by atoms with van der Waals surface area (Å²) in [6, 6.07) is 37.6. The van der Waals surface area contributed by atoms with Crippen LogP contribution in [0.1, 0.15) is 6.85 Å². The van der Waals surface area contributed by atoms with E-state index in [1.807, 2.05) is 48.5 Å². The molecular formula is C39H24N2S. The van der Waals surface area contributed by atoms with Gasteiger partial charge in [0.05, 0.1) is 17.9 Å². The van der Waals surface area contributed by atoms with Crippen molar-refractivity contribution < 1.29 is 6.85 Å². The summed E-state index contributed by atoms with van der Waals surface area (Å²) in [5.74, 6) is 0.517. The molecule has 0 saturated carbocycles. The van der Waals surface area contributed by atoms with Gasteiger partial charge >= 0.3 is 0 Å². The zero-order chi connectivity index (χ0) is 32.0. The summed E-state index contributed by atoms with van der Waals surface area (Å²) >= 11 is 1.80. The van der Waals surface area contributed by atoms with E-state index in [2.05, 4.69) is 66.7 Å². The maximum absolute atomic E-state index is 8.91. The van der Waals surface area contributed by atoms with E-state index in [1.165, 1.54) is 20.2 Å². The highest BCUT2D eigenvalue weighted by molar-refractivity contribution is 7.25. The molecule has 2 aromatic heterocycles. The number of thiophene rings is 1. The fraction of sp³-hybridized carbons (Fsp3) is 0. The van der Waals surface area contributed by atoms with Crippen molar-refractivity contribution in [2.75, 3.05) is 0 Å². The summed E-state index contributed by atoms with van der Waals surface area (Å²) < 4.78 is 47.2. The van der Waals surface area contributed by atoms with Gasteiger partial charge < -0.3 is 0 Å². The standard InChI is InChI=1S/C39H24N2S/c1-2-12-26(13-3-1)41-34-20-10-9-19-33(34)40-39(41)38-30-17-6-4-15-28(30)37(29-16-5-7-18-31(29)38)25-22-23-36-32(24-25)27-14-8-11-21-35(27)42-36/h1-24H/i1D,2D,3D,12D,13D. The van der Waals surface area contributed by atoms with Crippen LogP contribution in [0.5, 0.6) is 0 Å². The van der Waals surface area contributed by atoms with E-state index in [0.717, 1.165) is 38.2 Å². The molecule has 0 bridgehead atoms. The second-order valence-corrected chi connectivity index (χ2v) is 11.5. The predicted molar refractivity (Wildman–Crippen MR) is 180 cm³/mol. The van der Waals surface area contributed by atoms with Gasteiger partial charge in [-0.25, -0.2) is 4.98 Å². The summed E-state index contributed by atoms with van der Waals surface area (Å²) in [4.78, 5) is 5.12. The topological polar surface area (TPSA) is 17.8 Å². The van der Waals surface area contributed by atoms with Crippen LogP contribution in [0.15, 0.2) is 145 Å².